The van der Waals surface area contributed by atoms with E-state index >= 15 is 0 Å². The van der Waals surface area contributed by atoms with Crippen molar-refractivity contribution >= 4 is 45.2 Å². The molecule has 0 bridgehead atoms. The number of phenolic OH excluding ortho intramolecular Hbond substituents is 1. The van der Waals surface area contributed by atoms with E-state index in [4.69, 9.17) is 11.6 Å². The van der Waals surface area contributed by atoms with Crippen molar-refractivity contribution in [2.45, 2.75) is 25.8 Å². The van der Waals surface area contributed by atoms with Gasteiger partial charge in [0.1, 0.15) is 5.75 Å². The van der Waals surface area contributed by atoms with Crippen LogP contribution in [0.5, 0.6) is 5.75 Å². The van der Waals surface area contributed by atoms with Gasteiger partial charge in [-0.25, -0.2) is 0 Å². The molecule has 0 aliphatic carbocycles. The highest BCUT2D eigenvalue weighted by molar-refractivity contribution is 6.36. The maximum atomic E-state index is 13.2. The van der Waals surface area contributed by atoms with Crippen molar-refractivity contribution in [3.63, 3.8) is 0 Å². The summed E-state index contributed by atoms with van der Waals surface area (Å²) in [5.74, 6) is -0.778. The molecular formula is C31H33ClN4O4. The Morgan fingerprint density at radius 2 is 1.65 bits per heavy atom. The quantitative estimate of drug-likeness (QED) is 0.220. The number of nitrogens with zero attached hydrogens (tertiary/aromatic N) is 3. The van der Waals surface area contributed by atoms with Gasteiger partial charge in [0.2, 0.25) is 0 Å². The first-order valence-electron chi connectivity index (χ1n) is 13.8. The number of piperazine rings is 1. The van der Waals surface area contributed by atoms with Gasteiger partial charge < -0.3 is 24.6 Å². The highest BCUT2D eigenvalue weighted by Gasteiger charge is 2.35. The third-order valence-electron chi connectivity index (χ3n) is 8.29. The summed E-state index contributed by atoms with van der Waals surface area (Å²) in [5.41, 5.74) is 4.11. The number of rotatable bonds is 8. The number of imide groups is 1. The Hall–Kier alpha value is -3.43. The number of aryl methyl sites for hydroxylation is 1. The number of fused-ring (bicyclic) bond motifs is 5. The Kier molecular flexibility index (Phi) is 7.27. The molecule has 40 heavy (non-hydrogen) atoms. The molecule has 1 fully saturated rings. The number of aliphatic hydroxyl groups excluding tert-OH is 1. The lowest BCUT2D eigenvalue weighted by Gasteiger charge is -2.32. The number of phenols is 1. The van der Waals surface area contributed by atoms with Gasteiger partial charge in [0, 0.05) is 59.6 Å². The molecule has 0 unspecified atom stereocenters. The topological polar surface area (TPSA) is 98.0 Å². The number of aromatic nitrogens is 1. The first-order valence-corrected chi connectivity index (χ1v) is 14.2. The van der Waals surface area contributed by atoms with Crippen molar-refractivity contribution in [3.05, 3.63) is 64.2 Å². The van der Waals surface area contributed by atoms with Gasteiger partial charge in [-0.1, -0.05) is 29.8 Å². The molecule has 2 aliphatic rings. The molecule has 4 aromatic rings. The van der Waals surface area contributed by atoms with E-state index in [0.717, 1.165) is 63.1 Å². The second kappa shape index (κ2) is 10.9. The zero-order valence-corrected chi connectivity index (χ0v) is 23.3. The lowest BCUT2D eigenvalue weighted by atomic mass is 9.92. The third-order valence-corrected chi connectivity index (χ3v) is 8.62. The number of carbonyl (C=O) groups excluding carboxylic acids is 2. The van der Waals surface area contributed by atoms with Crippen LogP contribution >= 0.6 is 11.6 Å². The number of aromatic hydroxyl groups is 1. The number of benzene rings is 3. The molecule has 0 spiro atoms. The van der Waals surface area contributed by atoms with E-state index in [1.54, 1.807) is 12.1 Å². The summed E-state index contributed by atoms with van der Waals surface area (Å²) in [6.45, 7) is 5.60. The number of carbonyl (C=O) groups is 2. The van der Waals surface area contributed by atoms with Crippen LogP contribution in [0.2, 0.25) is 5.02 Å². The lowest BCUT2D eigenvalue weighted by molar-refractivity contribution is 0.0880. The molecule has 3 aromatic carbocycles. The van der Waals surface area contributed by atoms with Crippen molar-refractivity contribution in [3.8, 4) is 16.9 Å². The van der Waals surface area contributed by atoms with Crippen molar-refractivity contribution in [2.24, 2.45) is 0 Å². The molecule has 0 radical (unpaired) electrons. The van der Waals surface area contributed by atoms with Crippen LogP contribution in [-0.4, -0.2) is 82.8 Å². The summed E-state index contributed by atoms with van der Waals surface area (Å²) in [6.07, 6.45) is 2.70. The Balaban J connectivity index is 1.43. The number of likely N-dealkylation sites (N-methyl/N-ethyl adjacent to an activating group) is 1. The van der Waals surface area contributed by atoms with Crippen LogP contribution in [0.25, 0.3) is 32.9 Å². The molecule has 3 heterocycles. The first kappa shape index (κ1) is 26.8. The van der Waals surface area contributed by atoms with E-state index in [1.165, 1.54) is 0 Å². The van der Waals surface area contributed by atoms with Gasteiger partial charge in [-0.2, -0.15) is 0 Å². The summed E-state index contributed by atoms with van der Waals surface area (Å²) < 4.78 is 1.97. The summed E-state index contributed by atoms with van der Waals surface area (Å²) in [5, 5.41) is 25.2. The molecule has 3 N–H and O–H groups in total. The molecule has 0 saturated carbocycles. The minimum absolute atomic E-state index is 0.107. The van der Waals surface area contributed by atoms with Gasteiger partial charge in [-0.05, 0) is 68.2 Å². The van der Waals surface area contributed by atoms with Crippen molar-refractivity contribution in [2.75, 3.05) is 46.4 Å². The molecule has 8 nitrogen and oxygen atoms in total. The Morgan fingerprint density at radius 3 is 2.40 bits per heavy atom. The maximum Gasteiger partial charge on any atom is 0.259 e. The molecule has 2 amide bonds. The van der Waals surface area contributed by atoms with Crippen LogP contribution in [0.1, 0.15) is 39.1 Å². The SMILES string of the molecule is CN1CCN(CCCCc2cc3c(cc2O)c2c4c(c(-c5ccccc5Cl)cc2n3CCO)C(=O)NC4=O)CC1. The average Bonchev–Trinajstić information content (AvgIpc) is 3.40. The standard InChI is InChI=1S/C31H33ClN4O4/c1-34-10-12-35(13-11-34)9-5-4-6-19-16-24-22(18-26(19)38)27-25(36(24)14-15-37)17-21(20-7-2-3-8-23(20)32)28-29(27)31(40)33-30(28)39/h2-3,7-8,16-18,37-38H,4-6,9-15H2,1H3,(H,33,39,40). The number of hydrogen-bond donors (Lipinski definition) is 3. The minimum atomic E-state index is -0.477. The maximum absolute atomic E-state index is 13.2. The summed E-state index contributed by atoms with van der Waals surface area (Å²) in [6, 6.07) is 12.8. The van der Waals surface area contributed by atoms with Crippen molar-refractivity contribution in [1.29, 1.82) is 0 Å². The molecule has 2 aliphatic heterocycles. The Labute approximate surface area is 237 Å². The summed E-state index contributed by atoms with van der Waals surface area (Å²) in [4.78, 5) is 31.0. The second-order valence-electron chi connectivity index (χ2n) is 10.8. The Morgan fingerprint density at radius 1 is 0.900 bits per heavy atom. The van der Waals surface area contributed by atoms with Gasteiger partial charge in [0.15, 0.2) is 0 Å². The van der Waals surface area contributed by atoms with Crippen LogP contribution in [0.4, 0.5) is 0 Å². The predicted octanol–water partition coefficient (Wildman–Crippen LogP) is 4.27. The molecule has 6 rings (SSSR count). The number of nitrogens with one attached hydrogen (secondary N) is 1. The fourth-order valence-corrected chi connectivity index (χ4v) is 6.41. The van der Waals surface area contributed by atoms with E-state index in [1.807, 2.05) is 34.9 Å². The van der Waals surface area contributed by atoms with E-state index in [2.05, 4.69) is 22.2 Å². The lowest BCUT2D eigenvalue weighted by Crippen LogP contribution is -2.44. The monoisotopic (exact) mass is 560 g/mol. The van der Waals surface area contributed by atoms with Gasteiger partial charge in [-0.3, -0.25) is 14.9 Å². The normalized spacial score (nSPS) is 16.3. The molecule has 9 heteroatoms. The number of unbranched alkanes of at least 4 members (excludes halogenated alkanes) is 1. The summed E-state index contributed by atoms with van der Waals surface area (Å²) in [7, 11) is 2.16. The van der Waals surface area contributed by atoms with E-state index in [9.17, 15) is 19.8 Å². The van der Waals surface area contributed by atoms with Crippen LogP contribution in [0.3, 0.4) is 0 Å². The van der Waals surface area contributed by atoms with Gasteiger partial charge in [0.25, 0.3) is 11.8 Å². The predicted molar refractivity (Wildman–Crippen MR) is 157 cm³/mol. The number of halogens is 1. The second-order valence-corrected chi connectivity index (χ2v) is 11.2. The van der Waals surface area contributed by atoms with Gasteiger partial charge in [-0.15, -0.1) is 0 Å². The number of hydrogen-bond acceptors (Lipinski definition) is 6. The largest absolute Gasteiger partial charge is 0.508 e. The highest BCUT2D eigenvalue weighted by atomic mass is 35.5. The van der Waals surface area contributed by atoms with Crippen molar-refractivity contribution in [1.82, 2.24) is 19.7 Å². The van der Waals surface area contributed by atoms with Crippen molar-refractivity contribution < 1.29 is 19.8 Å². The zero-order valence-electron chi connectivity index (χ0n) is 22.5. The molecule has 0 atom stereocenters. The first-order chi connectivity index (χ1) is 19.4. The fraction of sp³-hybridized carbons (Fsp3) is 0.355. The van der Waals surface area contributed by atoms with Gasteiger partial charge >= 0.3 is 0 Å². The molecule has 1 aromatic heterocycles. The minimum Gasteiger partial charge on any atom is -0.508 e. The molecular weight excluding hydrogens is 528 g/mol. The number of aliphatic hydroxyl groups is 1. The smallest absolute Gasteiger partial charge is 0.259 e. The molecule has 1 saturated heterocycles. The van der Waals surface area contributed by atoms with Gasteiger partial charge in [0.05, 0.1) is 23.3 Å². The zero-order chi connectivity index (χ0) is 28.0. The van der Waals surface area contributed by atoms with Crippen LogP contribution in [0, 0.1) is 0 Å². The average molecular weight is 561 g/mol. The van der Waals surface area contributed by atoms with Crippen LogP contribution < -0.4 is 5.32 Å². The van der Waals surface area contributed by atoms with E-state index in [-0.39, 0.29) is 23.5 Å². The van der Waals surface area contributed by atoms with E-state index < -0.39 is 11.8 Å². The van der Waals surface area contributed by atoms with Crippen LogP contribution in [0.15, 0.2) is 42.5 Å². The summed E-state index contributed by atoms with van der Waals surface area (Å²) >= 11 is 6.53. The third kappa shape index (κ3) is 4.65. The highest BCUT2D eigenvalue weighted by Crippen LogP contribution is 2.43. The van der Waals surface area contributed by atoms with Crippen LogP contribution in [-0.2, 0) is 13.0 Å². The number of amides is 2. The molecule has 208 valence electrons. The Bertz CT molecular complexity index is 1640. The fourth-order valence-electron chi connectivity index (χ4n) is 6.17. The van der Waals surface area contributed by atoms with E-state index in [0.29, 0.717) is 39.0 Å².